The predicted molar refractivity (Wildman–Crippen MR) is 67.8 cm³/mol. The number of carbonyl (C=O) groups excluding carboxylic acids is 1. The topological polar surface area (TPSA) is 55.1 Å². The maximum absolute atomic E-state index is 10.9. The number of hydrogen-bond donors (Lipinski definition) is 2. The Hall–Kier alpha value is -1.51. The molecule has 88 valence electrons. The minimum atomic E-state index is -0.511. The number of nitrogens with one attached hydrogen (secondary N) is 1. The summed E-state index contributed by atoms with van der Waals surface area (Å²) in [5.74, 6) is 0.799. The number of benzene rings is 1. The van der Waals surface area contributed by atoms with E-state index in [1.54, 1.807) is 0 Å². The smallest absolute Gasteiger partial charge is 0.316 e. The van der Waals surface area contributed by atoms with Gasteiger partial charge in [-0.2, -0.15) is 0 Å². The van der Waals surface area contributed by atoms with Crippen LogP contribution in [0.5, 0.6) is 0 Å². The number of carbonyl (C=O) groups is 1. The Labute approximate surface area is 97.0 Å². The van der Waals surface area contributed by atoms with Gasteiger partial charge in [0.2, 0.25) is 0 Å². The maximum Gasteiger partial charge on any atom is 0.316 e. The van der Waals surface area contributed by atoms with Crippen molar-refractivity contribution in [3.63, 3.8) is 0 Å². The Morgan fingerprint density at radius 1 is 1.19 bits per heavy atom. The van der Waals surface area contributed by atoms with Crippen molar-refractivity contribution in [2.45, 2.75) is 39.5 Å². The molecule has 1 aromatic rings. The molecule has 0 spiro atoms. The van der Waals surface area contributed by atoms with Gasteiger partial charge < -0.3 is 11.1 Å². The molecular weight excluding hydrogens is 200 g/mol. The van der Waals surface area contributed by atoms with E-state index < -0.39 is 6.03 Å². The van der Waals surface area contributed by atoms with E-state index >= 15 is 0 Å². The van der Waals surface area contributed by atoms with Crippen LogP contribution in [0, 0.1) is 0 Å². The molecule has 1 rings (SSSR count). The van der Waals surface area contributed by atoms with Crippen molar-refractivity contribution >= 4 is 11.7 Å². The van der Waals surface area contributed by atoms with E-state index in [2.05, 4.69) is 39.1 Å². The molecular formula is C13H20N2O. The molecule has 0 radical (unpaired) electrons. The molecule has 3 N–H and O–H groups in total. The number of urea groups is 1. The van der Waals surface area contributed by atoms with Gasteiger partial charge in [0.05, 0.1) is 0 Å². The minimum absolute atomic E-state index is 0.362. The first-order valence-electron chi connectivity index (χ1n) is 5.62. The summed E-state index contributed by atoms with van der Waals surface area (Å²) in [4.78, 5) is 10.9. The van der Waals surface area contributed by atoms with Crippen molar-refractivity contribution in [1.29, 1.82) is 0 Å². The summed E-state index contributed by atoms with van der Waals surface area (Å²) in [6.07, 6.45) is 0. The minimum Gasteiger partial charge on any atom is -0.351 e. The SMILES string of the molecule is CC(C)c1cccc(NC(N)=O)c1C(C)C. The second-order valence-electron chi connectivity index (χ2n) is 4.61. The van der Waals surface area contributed by atoms with Crippen LogP contribution in [0.3, 0.4) is 0 Å². The monoisotopic (exact) mass is 220 g/mol. The van der Waals surface area contributed by atoms with E-state index in [0.717, 1.165) is 5.69 Å². The van der Waals surface area contributed by atoms with Crippen molar-refractivity contribution in [1.82, 2.24) is 0 Å². The van der Waals surface area contributed by atoms with Crippen LogP contribution in [0.2, 0.25) is 0 Å². The van der Waals surface area contributed by atoms with Crippen molar-refractivity contribution in [2.24, 2.45) is 5.73 Å². The highest BCUT2D eigenvalue weighted by Crippen LogP contribution is 2.32. The van der Waals surface area contributed by atoms with Gasteiger partial charge in [-0.3, -0.25) is 0 Å². The van der Waals surface area contributed by atoms with Crippen LogP contribution in [0.15, 0.2) is 18.2 Å². The first kappa shape index (κ1) is 12.6. The second kappa shape index (κ2) is 5.01. The fourth-order valence-electron chi connectivity index (χ4n) is 1.97. The summed E-state index contributed by atoms with van der Waals surface area (Å²) in [5, 5.41) is 2.69. The lowest BCUT2D eigenvalue weighted by molar-refractivity contribution is 0.259. The van der Waals surface area contributed by atoms with Gasteiger partial charge in [-0.15, -0.1) is 0 Å². The number of amides is 2. The molecule has 0 aliphatic carbocycles. The number of rotatable bonds is 3. The van der Waals surface area contributed by atoms with Gasteiger partial charge in [0.25, 0.3) is 0 Å². The van der Waals surface area contributed by atoms with Crippen LogP contribution in [0.1, 0.15) is 50.7 Å². The fourth-order valence-corrected chi connectivity index (χ4v) is 1.97. The fraction of sp³-hybridized carbons (Fsp3) is 0.462. The van der Waals surface area contributed by atoms with Crippen LogP contribution < -0.4 is 11.1 Å². The Kier molecular flexibility index (Phi) is 3.93. The summed E-state index contributed by atoms with van der Waals surface area (Å²) >= 11 is 0. The van der Waals surface area contributed by atoms with Gasteiger partial charge in [0.15, 0.2) is 0 Å². The lowest BCUT2D eigenvalue weighted by Crippen LogP contribution is -2.21. The van der Waals surface area contributed by atoms with E-state index in [1.165, 1.54) is 11.1 Å². The summed E-state index contributed by atoms with van der Waals surface area (Å²) in [7, 11) is 0. The molecule has 0 heterocycles. The van der Waals surface area contributed by atoms with Gasteiger partial charge in [-0.05, 0) is 29.0 Å². The van der Waals surface area contributed by atoms with Gasteiger partial charge in [-0.25, -0.2) is 4.79 Å². The second-order valence-corrected chi connectivity index (χ2v) is 4.61. The molecule has 16 heavy (non-hydrogen) atoms. The van der Waals surface area contributed by atoms with Gasteiger partial charge >= 0.3 is 6.03 Å². The van der Waals surface area contributed by atoms with Crippen LogP contribution in [0.25, 0.3) is 0 Å². The summed E-state index contributed by atoms with van der Waals surface area (Å²) < 4.78 is 0. The maximum atomic E-state index is 10.9. The Balaban J connectivity index is 3.26. The normalized spacial score (nSPS) is 10.9. The lowest BCUT2D eigenvalue weighted by Gasteiger charge is -2.19. The van der Waals surface area contributed by atoms with Crippen LogP contribution in [-0.2, 0) is 0 Å². The molecule has 2 amide bonds. The number of hydrogen-bond acceptors (Lipinski definition) is 1. The highest BCUT2D eigenvalue weighted by molar-refractivity contribution is 5.89. The largest absolute Gasteiger partial charge is 0.351 e. The molecule has 1 aromatic carbocycles. The molecule has 0 atom stereocenters. The molecule has 0 aromatic heterocycles. The summed E-state index contributed by atoms with van der Waals surface area (Å²) in [6.45, 7) is 8.53. The number of primary amides is 1. The van der Waals surface area contributed by atoms with E-state index in [-0.39, 0.29) is 0 Å². The molecule has 0 saturated carbocycles. The zero-order valence-corrected chi connectivity index (χ0v) is 10.4. The third-order valence-corrected chi connectivity index (χ3v) is 2.60. The quantitative estimate of drug-likeness (QED) is 0.805. The summed E-state index contributed by atoms with van der Waals surface area (Å²) in [6, 6.07) is 5.44. The third kappa shape index (κ3) is 2.75. The first-order chi connectivity index (χ1) is 7.43. The number of nitrogens with two attached hydrogens (primary N) is 1. The lowest BCUT2D eigenvalue weighted by atomic mass is 9.89. The zero-order valence-electron chi connectivity index (χ0n) is 10.4. The highest BCUT2D eigenvalue weighted by Gasteiger charge is 2.14. The van der Waals surface area contributed by atoms with Gasteiger partial charge in [0.1, 0.15) is 0 Å². The average molecular weight is 220 g/mol. The molecule has 3 heteroatoms. The molecule has 3 nitrogen and oxygen atoms in total. The van der Waals surface area contributed by atoms with Crippen molar-refractivity contribution in [3.8, 4) is 0 Å². The Morgan fingerprint density at radius 3 is 2.25 bits per heavy atom. The molecule has 0 unspecified atom stereocenters. The van der Waals surface area contributed by atoms with Crippen molar-refractivity contribution in [3.05, 3.63) is 29.3 Å². The van der Waals surface area contributed by atoms with E-state index in [4.69, 9.17) is 5.73 Å². The molecule has 0 bridgehead atoms. The van der Waals surface area contributed by atoms with Crippen molar-refractivity contribution < 1.29 is 4.79 Å². The van der Waals surface area contributed by atoms with E-state index in [1.807, 2.05) is 12.1 Å². The zero-order chi connectivity index (χ0) is 12.3. The predicted octanol–water partition coefficient (Wildman–Crippen LogP) is 3.42. The summed E-state index contributed by atoms with van der Waals surface area (Å²) in [5.41, 5.74) is 8.44. The van der Waals surface area contributed by atoms with Crippen LogP contribution >= 0.6 is 0 Å². The van der Waals surface area contributed by atoms with Crippen LogP contribution in [0.4, 0.5) is 10.5 Å². The molecule has 0 aliphatic heterocycles. The average Bonchev–Trinajstić information content (AvgIpc) is 2.15. The van der Waals surface area contributed by atoms with Gasteiger partial charge in [0, 0.05) is 5.69 Å². The molecule has 0 saturated heterocycles. The van der Waals surface area contributed by atoms with Gasteiger partial charge in [-0.1, -0.05) is 39.8 Å². The third-order valence-electron chi connectivity index (χ3n) is 2.60. The molecule has 0 fully saturated rings. The van der Waals surface area contributed by atoms with Crippen molar-refractivity contribution in [2.75, 3.05) is 5.32 Å². The Morgan fingerprint density at radius 2 is 1.81 bits per heavy atom. The van der Waals surface area contributed by atoms with Crippen LogP contribution in [-0.4, -0.2) is 6.03 Å². The standard InChI is InChI=1S/C13H20N2O/c1-8(2)10-6-5-7-11(15-13(14)16)12(10)9(3)4/h5-9H,1-4H3,(H3,14,15,16). The highest BCUT2D eigenvalue weighted by atomic mass is 16.2. The van der Waals surface area contributed by atoms with E-state index in [9.17, 15) is 4.79 Å². The Bertz CT molecular complexity index is 384. The molecule has 0 aliphatic rings. The first-order valence-corrected chi connectivity index (χ1v) is 5.62. The van der Waals surface area contributed by atoms with E-state index in [0.29, 0.717) is 11.8 Å². The number of anilines is 1.